The van der Waals surface area contributed by atoms with Gasteiger partial charge in [-0.1, -0.05) is 13.8 Å². The number of sulfonamides is 1. The summed E-state index contributed by atoms with van der Waals surface area (Å²) in [5.41, 5.74) is 0.939. The van der Waals surface area contributed by atoms with Crippen LogP contribution in [0.5, 0.6) is 11.5 Å². The molecular formula is C24H30N2O6S. The third-order valence-electron chi connectivity index (χ3n) is 5.54. The van der Waals surface area contributed by atoms with Crippen molar-refractivity contribution in [2.45, 2.75) is 32.1 Å². The van der Waals surface area contributed by atoms with Crippen LogP contribution in [0.3, 0.4) is 0 Å². The lowest BCUT2D eigenvalue weighted by Gasteiger charge is -2.34. The Bertz CT molecular complexity index is 1100. The van der Waals surface area contributed by atoms with Crippen molar-refractivity contribution in [2.24, 2.45) is 11.8 Å². The summed E-state index contributed by atoms with van der Waals surface area (Å²) < 4.78 is 38.3. The number of benzene rings is 2. The normalized spacial score (nSPS) is 19.0. The van der Waals surface area contributed by atoms with Gasteiger partial charge in [0.05, 0.1) is 12.0 Å². The summed E-state index contributed by atoms with van der Waals surface area (Å²) in [6, 6.07) is 10.8. The van der Waals surface area contributed by atoms with Gasteiger partial charge < -0.3 is 14.8 Å². The number of hydrogen-bond donors (Lipinski definition) is 1. The number of ether oxygens (including phenoxy) is 2. The Hall–Kier alpha value is -2.91. The number of carbonyl (C=O) groups is 2. The summed E-state index contributed by atoms with van der Waals surface area (Å²) >= 11 is 0. The molecule has 1 N–H and O–H groups in total. The Kier molecular flexibility index (Phi) is 7.76. The van der Waals surface area contributed by atoms with Gasteiger partial charge in [-0.3, -0.25) is 9.59 Å². The molecular weight excluding hydrogens is 444 g/mol. The van der Waals surface area contributed by atoms with Crippen LogP contribution in [0.25, 0.3) is 0 Å². The second kappa shape index (κ2) is 10.4. The van der Waals surface area contributed by atoms with Gasteiger partial charge in [-0.15, -0.1) is 0 Å². The van der Waals surface area contributed by atoms with Crippen LogP contribution >= 0.6 is 0 Å². The third kappa shape index (κ3) is 6.11. The molecule has 178 valence electrons. The molecule has 3 rings (SSSR count). The molecule has 1 saturated heterocycles. The number of nitrogens with one attached hydrogen (secondary N) is 1. The van der Waals surface area contributed by atoms with Crippen molar-refractivity contribution in [1.29, 1.82) is 0 Å². The fraction of sp³-hybridized carbons (Fsp3) is 0.417. The Morgan fingerprint density at radius 1 is 1.03 bits per heavy atom. The second-order valence-corrected chi connectivity index (χ2v) is 10.5. The van der Waals surface area contributed by atoms with Crippen molar-refractivity contribution in [1.82, 2.24) is 4.31 Å². The topological polar surface area (TPSA) is 102 Å². The minimum absolute atomic E-state index is 0.104. The first-order valence-electron chi connectivity index (χ1n) is 10.8. The molecule has 0 unspecified atom stereocenters. The minimum atomic E-state index is -3.58. The van der Waals surface area contributed by atoms with Gasteiger partial charge in [-0.05, 0) is 67.6 Å². The zero-order valence-corrected chi connectivity index (χ0v) is 20.1. The summed E-state index contributed by atoms with van der Waals surface area (Å²) in [6.07, 6.45) is 1.02. The van der Waals surface area contributed by atoms with Crippen molar-refractivity contribution in [3.63, 3.8) is 0 Å². The van der Waals surface area contributed by atoms with E-state index in [0.717, 1.165) is 6.42 Å². The molecule has 33 heavy (non-hydrogen) atoms. The molecule has 2 atom stereocenters. The highest BCUT2D eigenvalue weighted by Crippen LogP contribution is 2.29. The lowest BCUT2D eigenvalue weighted by Crippen LogP contribution is -2.42. The standard InChI is InChI=1S/C24H30N2O6S/c1-16-11-17(2)14-26(13-16)33(29,30)21-8-6-20(7-9-21)25-24(28)15-32-22-10-5-19(18(3)27)12-23(22)31-4/h5-10,12,16-17H,11,13-15H2,1-4H3,(H,25,28)/t16-,17-/m1/s1. The third-order valence-corrected chi connectivity index (χ3v) is 7.39. The molecule has 0 saturated carbocycles. The fourth-order valence-corrected chi connectivity index (χ4v) is 5.69. The van der Waals surface area contributed by atoms with Gasteiger partial charge in [0.1, 0.15) is 0 Å². The van der Waals surface area contributed by atoms with Gasteiger partial charge >= 0.3 is 0 Å². The van der Waals surface area contributed by atoms with E-state index in [1.165, 1.54) is 30.5 Å². The number of nitrogens with zero attached hydrogens (tertiary/aromatic N) is 1. The van der Waals surface area contributed by atoms with Gasteiger partial charge in [-0.25, -0.2) is 8.42 Å². The number of anilines is 1. The van der Waals surface area contributed by atoms with Crippen LogP contribution in [-0.4, -0.2) is 51.2 Å². The van der Waals surface area contributed by atoms with Crippen molar-refractivity contribution in [3.8, 4) is 11.5 Å². The molecule has 2 aromatic carbocycles. The first kappa shape index (κ1) is 24.7. The zero-order chi connectivity index (χ0) is 24.2. The lowest BCUT2D eigenvalue weighted by molar-refractivity contribution is -0.118. The smallest absolute Gasteiger partial charge is 0.262 e. The van der Waals surface area contributed by atoms with Crippen LogP contribution in [0.2, 0.25) is 0 Å². The highest BCUT2D eigenvalue weighted by atomic mass is 32.2. The van der Waals surface area contributed by atoms with E-state index in [4.69, 9.17) is 9.47 Å². The zero-order valence-electron chi connectivity index (χ0n) is 19.3. The Balaban J connectivity index is 1.61. The van der Waals surface area contributed by atoms with E-state index in [1.54, 1.807) is 30.3 Å². The molecule has 0 radical (unpaired) electrons. The van der Waals surface area contributed by atoms with Gasteiger partial charge in [0.2, 0.25) is 10.0 Å². The molecule has 0 spiro atoms. The van der Waals surface area contributed by atoms with Crippen LogP contribution in [0.15, 0.2) is 47.4 Å². The van der Waals surface area contributed by atoms with Crippen molar-refractivity contribution >= 4 is 27.4 Å². The van der Waals surface area contributed by atoms with Gasteiger partial charge in [0, 0.05) is 24.3 Å². The molecule has 9 heteroatoms. The number of carbonyl (C=O) groups excluding carboxylic acids is 2. The summed E-state index contributed by atoms with van der Waals surface area (Å²) in [6.45, 7) is 6.32. The summed E-state index contributed by atoms with van der Waals surface area (Å²) in [5, 5.41) is 2.68. The number of ketones is 1. The number of amides is 1. The fourth-order valence-electron chi connectivity index (χ4n) is 4.01. The number of hydrogen-bond acceptors (Lipinski definition) is 6. The van der Waals surface area contributed by atoms with E-state index < -0.39 is 15.9 Å². The van der Waals surface area contributed by atoms with E-state index >= 15 is 0 Å². The van der Waals surface area contributed by atoms with Crippen LogP contribution in [0.4, 0.5) is 5.69 Å². The molecule has 1 heterocycles. The van der Waals surface area contributed by atoms with Crippen LogP contribution in [-0.2, 0) is 14.8 Å². The van der Waals surface area contributed by atoms with Crippen LogP contribution < -0.4 is 14.8 Å². The van der Waals surface area contributed by atoms with E-state index in [2.05, 4.69) is 19.2 Å². The van der Waals surface area contributed by atoms with E-state index in [-0.39, 0.29) is 17.3 Å². The molecule has 1 aliphatic rings. The average Bonchev–Trinajstić information content (AvgIpc) is 2.77. The van der Waals surface area contributed by atoms with E-state index in [0.29, 0.717) is 47.7 Å². The van der Waals surface area contributed by atoms with Gasteiger partial charge in [-0.2, -0.15) is 4.31 Å². The number of Topliss-reactive ketones (excluding diaryl/α,β-unsaturated/α-hetero) is 1. The first-order valence-corrected chi connectivity index (χ1v) is 12.3. The second-order valence-electron chi connectivity index (χ2n) is 8.55. The Labute approximate surface area is 194 Å². The van der Waals surface area contributed by atoms with Crippen LogP contribution in [0.1, 0.15) is 37.6 Å². The monoisotopic (exact) mass is 474 g/mol. The molecule has 0 bridgehead atoms. The molecule has 8 nitrogen and oxygen atoms in total. The molecule has 0 aromatic heterocycles. The van der Waals surface area contributed by atoms with Crippen molar-refractivity contribution < 1.29 is 27.5 Å². The highest BCUT2D eigenvalue weighted by molar-refractivity contribution is 7.89. The average molecular weight is 475 g/mol. The number of rotatable bonds is 8. The molecule has 2 aromatic rings. The molecule has 1 fully saturated rings. The highest BCUT2D eigenvalue weighted by Gasteiger charge is 2.31. The van der Waals surface area contributed by atoms with Crippen molar-refractivity contribution in [2.75, 3.05) is 32.1 Å². The molecule has 0 aliphatic carbocycles. The van der Waals surface area contributed by atoms with Gasteiger partial charge in [0.25, 0.3) is 5.91 Å². The maximum absolute atomic E-state index is 13.0. The Morgan fingerprint density at radius 3 is 2.24 bits per heavy atom. The summed E-state index contributed by atoms with van der Waals surface area (Å²) in [5.74, 6) is 0.809. The first-order chi connectivity index (χ1) is 15.6. The summed E-state index contributed by atoms with van der Waals surface area (Å²) in [7, 11) is -2.13. The van der Waals surface area contributed by atoms with Gasteiger partial charge in [0.15, 0.2) is 23.9 Å². The van der Waals surface area contributed by atoms with Crippen LogP contribution in [0, 0.1) is 11.8 Å². The maximum Gasteiger partial charge on any atom is 0.262 e. The molecule has 1 amide bonds. The predicted octanol–water partition coefficient (Wildman–Crippen LogP) is 3.58. The SMILES string of the molecule is COc1cc(C(C)=O)ccc1OCC(=O)Nc1ccc(S(=O)(=O)N2C[C@H](C)C[C@@H](C)C2)cc1. The summed E-state index contributed by atoms with van der Waals surface area (Å²) in [4.78, 5) is 24.0. The van der Waals surface area contributed by atoms with Crippen molar-refractivity contribution in [3.05, 3.63) is 48.0 Å². The van der Waals surface area contributed by atoms with E-state index in [9.17, 15) is 18.0 Å². The predicted molar refractivity (Wildman–Crippen MR) is 125 cm³/mol. The molecule has 1 aliphatic heterocycles. The minimum Gasteiger partial charge on any atom is -0.493 e. The quantitative estimate of drug-likeness (QED) is 0.587. The lowest BCUT2D eigenvalue weighted by atomic mass is 9.94. The number of methoxy groups -OCH3 is 1. The van der Waals surface area contributed by atoms with E-state index in [1.807, 2.05) is 0 Å². The maximum atomic E-state index is 13.0. The number of piperidine rings is 1. The Morgan fingerprint density at radius 2 is 1.67 bits per heavy atom. The largest absolute Gasteiger partial charge is 0.493 e.